The van der Waals surface area contributed by atoms with Crippen LogP contribution in [0.15, 0.2) is 36.4 Å². The summed E-state index contributed by atoms with van der Waals surface area (Å²) in [5, 5.41) is 9.05. The third-order valence-electron chi connectivity index (χ3n) is 5.68. The van der Waals surface area contributed by atoms with E-state index in [1.807, 2.05) is 43.3 Å². The molecule has 0 aliphatic carbocycles. The summed E-state index contributed by atoms with van der Waals surface area (Å²) in [6.45, 7) is 9.58. The van der Waals surface area contributed by atoms with Gasteiger partial charge in [0.1, 0.15) is 23.3 Å². The maximum Gasteiger partial charge on any atom is 0.250 e. The largest absolute Gasteiger partial charge is 0.494 e. The number of aromatic nitrogens is 4. The molecule has 0 N–H and O–H groups in total. The number of anilines is 1. The van der Waals surface area contributed by atoms with Crippen LogP contribution in [0.25, 0.3) is 21.3 Å². The minimum Gasteiger partial charge on any atom is -0.494 e. The van der Waals surface area contributed by atoms with Gasteiger partial charge >= 0.3 is 0 Å². The first kappa shape index (κ1) is 22.2. The lowest BCUT2D eigenvalue weighted by Crippen LogP contribution is -2.40. The van der Waals surface area contributed by atoms with Gasteiger partial charge in [-0.15, -0.1) is 5.10 Å². The Hall–Kier alpha value is -3.04. The fourth-order valence-electron chi connectivity index (χ4n) is 3.73. The number of amides is 1. The van der Waals surface area contributed by atoms with E-state index in [9.17, 15) is 4.79 Å². The molecule has 4 rings (SSSR count). The van der Waals surface area contributed by atoms with Crippen molar-refractivity contribution in [1.82, 2.24) is 24.9 Å². The Balaban J connectivity index is 1.69. The fraction of sp³-hybridized carbons (Fsp3) is 0.391. The Morgan fingerprint density at radius 1 is 1.12 bits per heavy atom. The number of thiazole rings is 1. The monoisotopic (exact) mass is 452 g/mol. The van der Waals surface area contributed by atoms with Gasteiger partial charge in [-0.3, -0.25) is 9.69 Å². The first-order valence-electron chi connectivity index (χ1n) is 10.8. The van der Waals surface area contributed by atoms with Gasteiger partial charge in [-0.05, 0) is 43.8 Å². The average Bonchev–Trinajstić information content (AvgIpc) is 3.43. The zero-order chi connectivity index (χ0) is 22.7. The van der Waals surface area contributed by atoms with Gasteiger partial charge in [-0.25, -0.2) is 9.67 Å². The van der Waals surface area contributed by atoms with Crippen LogP contribution in [0.4, 0.5) is 5.13 Å². The minimum absolute atomic E-state index is 0.0662. The molecule has 2 aromatic heterocycles. The minimum atomic E-state index is -0.0662. The van der Waals surface area contributed by atoms with Crippen molar-refractivity contribution in [2.24, 2.45) is 0 Å². The average molecular weight is 453 g/mol. The van der Waals surface area contributed by atoms with Crippen molar-refractivity contribution in [3.8, 4) is 5.75 Å². The van der Waals surface area contributed by atoms with E-state index in [0.29, 0.717) is 17.4 Å². The molecule has 0 saturated carbocycles. The molecule has 8 nitrogen and oxygen atoms in total. The molecule has 9 heteroatoms. The van der Waals surface area contributed by atoms with E-state index >= 15 is 0 Å². The summed E-state index contributed by atoms with van der Waals surface area (Å²) >= 11 is 1.52. The molecule has 1 amide bonds. The summed E-state index contributed by atoms with van der Waals surface area (Å²) < 4.78 is 8.20. The normalized spacial score (nSPS) is 11.5. The number of ether oxygens (including phenoxy) is 1. The number of rotatable bonds is 9. The molecule has 168 valence electrons. The third-order valence-corrected chi connectivity index (χ3v) is 6.90. The molecule has 0 spiro atoms. The molecule has 32 heavy (non-hydrogen) atoms. The van der Waals surface area contributed by atoms with Crippen molar-refractivity contribution >= 4 is 43.6 Å². The molecular weight excluding hydrogens is 424 g/mol. The quantitative estimate of drug-likeness (QED) is 0.385. The number of carbonyl (C=O) groups excluding carboxylic acids is 1. The molecule has 0 saturated heterocycles. The number of hydrogen-bond donors (Lipinski definition) is 0. The number of fused-ring (bicyclic) bond motifs is 2. The van der Waals surface area contributed by atoms with Gasteiger partial charge in [0.25, 0.3) is 5.91 Å². The lowest BCUT2D eigenvalue weighted by molar-refractivity contribution is -0.119. The smallest absolute Gasteiger partial charge is 0.250 e. The van der Waals surface area contributed by atoms with Crippen molar-refractivity contribution in [1.29, 1.82) is 0 Å². The van der Waals surface area contributed by atoms with E-state index in [4.69, 9.17) is 9.72 Å². The van der Waals surface area contributed by atoms with E-state index in [1.165, 1.54) is 11.3 Å². The van der Waals surface area contributed by atoms with Crippen LogP contribution in [0.5, 0.6) is 5.75 Å². The zero-order valence-electron chi connectivity index (χ0n) is 18.9. The highest BCUT2D eigenvalue weighted by atomic mass is 32.1. The highest BCUT2D eigenvalue weighted by Crippen LogP contribution is 2.36. The van der Waals surface area contributed by atoms with Gasteiger partial charge < -0.3 is 9.64 Å². The highest BCUT2D eigenvalue weighted by molar-refractivity contribution is 7.22. The Morgan fingerprint density at radius 3 is 2.66 bits per heavy atom. The van der Waals surface area contributed by atoms with Crippen LogP contribution in [0.2, 0.25) is 0 Å². The number of likely N-dealkylation sites (N-methyl/N-ethyl adjacent to an activating group) is 1. The zero-order valence-corrected chi connectivity index (χ0v) is 19.7. The van der Waals surface area contributed by atoms with Crippen LogP contribution in [0, 0.1) is 6.92 Å². The van der Waals surface area contributed by atoms with Gasteiger partial charge in [-0.2, -0.15) is 0 Å². The summed E-state index contributed by atoms with van der Waals surface area (Å²) in [7, 11) is 1.64. The Morgan fingerprint density at radius 2 is 1.91 bits per heavy atom. The van der Waals surface area contributed by atoms with Gasteiger partial charge in [0.2, 0.25) is 0 Å². The number of aryl methyl sites for hydroxylation is 1. The second kappa shape index (κ2) is 9.62. The van der Waals surface area contributed by atoms with Gasteiger partial charge in [0.05, 0.1) is 17.3 Å². The number of benzene rings is 2. The van der Waals surface area contributed by atoms with Crippen molar-refractivity contribution < 1.29 is 9.53 Å². The van der Waals surface area contributed by atoms with E-state index in [-0.39, 0.29) is 12.5 Å². The predicted octanol–water partition coefficient (Wildman–Crippen LogP) is 3.73. The summed E-state index contributed by atoms with van der Waals surface area (Å²) in [4.78, 5) is 22.4. The van der Waals surface area contributed by atoms with Gasteiger partial charge in [-0.1, -0.05) is 48.6 Å². The number of para-hydroxylation sites is 1. The number of carbonyl (C=O) groups is 1. The first-order chi connectivity index (χ1) is 15.5. The Kier molecular flexibility index (Phi) is 6.66. The molecule has 0 unspecified atom stereocenters. The predicted molar refractivity (Wildman–Crippen MR) is 129 cm³/mol. The van der Waals surface area contributed by atoms with Crippen LogP contribution in [-0.4, -0.2) is 64.1 Å². The molecular formula is C23H28N6O2S. The molecule has 2 aromatic carbocycles. The van der Waals surface area contributed by atoms with Crippen molar-refractivity contribution in [2.45, 2.75) is 27.3 Å². The van der Waals surface area contributed by atoms with E-state index < -0.39 is 0 Å². The summed E-state index contributed by atoms with van der Waals surface area (Å²) in [6.07, 6.45) is 0. The van der Waals surface area contributed by atoms with E-state index in [0.717, 1.165) is 46.4 Å². The molecule has 0 aliphatic rings. The maximum absolute atomic E-state index is 13.5. The first-order valence-corrected chi connectivity index (χ1v) is 11.6. The van der Waals surface area contributed by atoms with Gasteiger partial charge in [0, 0.05) is 13.1 Å². The second-order valence-corrected chi connectivity index (χ2v) is 8.54. The second-order valence-electron chi connectivity index (χ2n) is 7.57. The topological polar surface area (TPSA) is 76.4 Å². The fourth-order valence-corrected chi connectivity index (χ4v) is 4.83. The molecule has 0 aliphatic heterocycles. The molecule has 0 radical (unpaired) electrons. The van der Waals surface area contributed by atoms with Crippen molar-refractivity contribution in [2.75, 3.05) is 38.2 Å². The maximum atomic E-state index is 13.5. The number of methoxy groups -OCH3 is 1. The number of hydrogen-bond acceptors (Lipinski definition) is 7. The van der Waals surface area contributed by atoms with Gasteiger partial charge in [0.15, 0.2) is 5.13 Å². The standard InChI is InChI=1S/C23H28N6O2S/c1-5-27(6-2)13-14-28(20(30)15-29-18-10-8-7-9-17(18)25-26-29)23-24-21-19(31-4)12-11-16(3)22(21)32-23/h7-12H,5-6,13-15H2,1-4H3. The highest BCUT2D eigenvalue weighted by Gasteiger charge is 2.23. The number of nitrogens with zero attached hydrogens (tertiary/aromatic N) is 6. The van der Waals surface area contributed by atoms with E-state index in [2.05, 4.69) is 29.1 Å². The van der Waals surface area contributed by atoms with Crippen molar-refractivity contribution in [3.63, 3.8) is 0 Å². The summed E-state index contributed by atoms with van der Waals surface area (Å²) in [5.74, 6) is 0.648. The Labute approximate surface area is 191 Å². The lowest BCUT2D eigenvalue weighted by Gasteiger charge is -2.24. The molecule has 0 bridgehead atoms. The molecule has 2 heterocycles. The van der Waals surface area contributed by atoms with Crippen LogP contribution in [0.3, 0.4) is 0 Å². The lowest BCUT2D eigenvalue weighted by atomic mass is 10.2. The summed E-state index contributed by atoms with van der Waals surface area (Å²) in [5.41, 5.74) is 3.52. The molecule has 4 aromatic rings. The molecule has 0 atom stereocenters. The van der Waals surface area contributed by atoms with Crippen LogP contribution in [-0.2, 0) is 11.3 Å². The van der Waals surface area contributed by atoms with Crippen LogP contribution in [0.1, 0.15) is 19.4 Å². The van der Waals surface area contributed by atoms with Crippen LogP contribution < -0.4 is 9.64 Å². The van der Waals surface area contributed by atoms with E-state index in [1.54, 1.807) is 16.7 Å². The third kappa shape index (κ3) is 4.31. The Bertz CT molecular complexity index is 1230. The van der Waals surface area contributed by atoms with Crippen molar-refractivity contribution in [3.05, 3.63) is 42.0 Å². The SMILES string of the molecule is CCN(CC)CCN(C(=O)Cn1nnc2ccccc21)c1nc2c(OC)ccc(C)c2s1. The summed E-state index contributed by atoms with van der Waals surface area (Å²) in [6, 6.07) is 11.6. The molecule has 0 fully saturated rings. The van der Waals surface area contributed by atoms with Crippen LogP contribution >= 0.6 is 11.3 Å².